The molecule has 0 saturated heterocycles. The van der Waals surface area contributed by atoms with Gasteiger partial charge in [-0.05, 0) is 59.0 Å². The van der Waals surface area contributed by atoms with Crippen molar-refractivity contribution in [3.05, 3.63) is 55.7 Å². The van der Waals surface area contributed by atoms with Gasteiger partial charge in [0.2, 0.25) is 0 Å². The summed E-state index contributed by atoms with van der Waals surface area (Å²) in [5, 5.41) is 4.98. The lowest BCUT2D eigenvalue weighted by Gasteiger charge is -2.17. The van der Waals surface area contributed by atoms with E-state index in [1.165, 1.54) is 17.4 Å². The predicted molar refractivity (Wildman–Crippen MR) is 74.0 cm³/mol. The van der Waals surface area contributed by atoms with Gasteiger partial charge in [-0.25, -0.2) is 8.78 Å². The smallest absolute Gasteiger partial charge is 0.137 e. The van der Waals surface area contributed by atoms with Crippen molar-refractivity contribution in [2.24, 2.45) is 0 Å². The van der Waals surface area contributed by atoms with E-state index in [9.17, 15) is 8.78 Å². The predicted octanol–water partition coefficient (Wildman–Crippen LogP) is 4.41. The topological polar surface area (TPSA) is 12.0 Å². The maximum absolute atomic E-state index is 14.0. The zero-order chi connectivity index (χ0) is 13.3. The number of aryl methyl sites for hydroxylation is 1. The molecular weight excluding hydrogens is 320 g/mol. The van der Waals surface area contributed by atoms with Crippen molar-refractivity contribution in [3.63, 3.8) is 0 Å². The molecule has 0 aliphatic heterocycles. The van der Waals surface area contributed by atoms with Crippen molar-refractivity contribution in [1.82, 2.24) is 5.32 Å². The second-order valence-electron chi connectivity index (χ2n) is 3.98. The van der Waals surface area contributed by atoms with Gasteiger partial charge in [0.15, 0.2) is 0 Å². The number of rotatable bonds is 3. The summed E-state index contributed by atoms with van der Waals surface area (Å²) in [5.74, 6) is -0.878. The molecule has 1 aromatic carbocycles. The second kappa shape index (κ2) is 5.47. The third kappa shape index (κ3) is 2.48. The summed E-state index contributed by atoms with van der Waals surface area (Å²) in [4.78, 5) is 0.998. The van der Waals surface area contributed by atoms with Crippen LogP contribution >= 0.6 is 27.3 Å². The summed E-state index contributed by atoms with van der Waals surface area (Å²) in [6.45, 7) is 1.96. The number of nitrogens with one attached hydrogen (secondary N) is 1. The van der Waals surface area contributed by atoms with Crippen molar-refractivity contribution >= 4 is 27.3 Å². The van der Waals surface area contributed by atoms with E-state index < -0.39 is 11.6 Å². The Morgan fingerprint density at radius 3 is 2.56 bits per heavy atom. The van der Waals surface area contributed by atoms with Crippen LogP contribution < -0.4 is 5.32 Å². The first-order chi connectivity index (χ1) is 8.54. The lowest BCUT2D eigenvalue weighted by Crippen LogP contribution is -2.19. The van der Waals surface area contributed by atoms with E-state index in [1.807, 2.05) is 18.4 Å². The first-order valence-electron chi connectivity index (χ1n) is 5.40. The third-order valence-corrected chi connectivity index (χ3v) is 4.49. The fourth-order valence-electron chi connectivity index (χ4n) is 1.87. The van der Waals surface area contributed by atoms with Gasteiger partial charge in [0.1, 0.15) is 11.6 Å². The zero-order valence-electron chi connectivity index (χ0n) is 9.93. The molecule has 0 fully saturated rings. The van der Waals surface area contributed by atoms with Crippen LogP contribution in [0.25, 0.3) is 0 Å². The molecule has 0 radical (unpaired) electrons. The van der Waals surface area contributed by atoms with Gasteiger partial charge in [0.25, 0.3) is 0 Å². The Balaban J connectivity index is 2.52. The monoisotopic (exact) mass is 331 g/mol. The van der Waals surface area contributed by atoms with E-state index in [0.717, 1.165) is 16.5 Å². The summed E-state index contributed by atoms with van der Waals surface area (Å²) in [6, 6.07) is 4.04. The molecule has 1 atom stereocenters. The fourth-order valence-corrected chi connectivity index (χ4v) is 3.24. The number of benzene rings is 1. The maximum atomic E-state index is 14.0. The summed E-state index contributed by atoms with van der Waals surface area (Å²) in [6.07, 6.45) is 0. The molecule has 5 heteroatoms. The summed E-state index contributed by atoms with van der Waals surface area (Å²) >= 11 is 4.51. The van der Waals surface area contributed by atoms with E-state index in [1.54, 1.807) is 7.05 Å². The largest absolute Gasteiger partial charge is 0.309 e. The van der Waals surface area contributed by atoms with Crippen molar-refractivity contribution in [3.8, 4) is 0 Å². The Labute approximate surface area is 117 Å². The van der Waals surface area contributed by atoms with Crippen molar-refractivity contribution in [1.29, 1.82) is 0 Å². The summed E-state index contributed by atoms with van der Waals surface area (Å²) in [5.41, 5.74) is 1.39. The molecule has 1 nitrogen and oxygen atoms in total. The summed E-state index contributed by atoms with van der Waals surface area (Å²) < 4.78 is 27.7. The summed E-state index contributed by atoms with van der Waals surface area (Å²) in [7, 11) is 1.74. The standard InChI is InChI=1S/C13H12BrF2NS/c1-7-3-4-18-13(7)12(17-2)8-5-11(16)9(14)6-10(8)15/h3-6,12,17H,1-2H3. The Morgan fingerprint density at radius 1 is 1.28 bits per heavy atom. The Bertz CT molecular complexity index is 568. The number of thiophene rings is 1. The van der Waals surface area contributed by atoms with E-state index in [-0.39, 0.29) is 10.5 Å². The average molecular weight is 332 g/mol. The van der Waals surface area contributed by atoms with Gasteiger partial charge in [-0.2, -0.15) is 0 Å². The van der Waals surface area contributed by atoms with Crippen LogP contribution in [0.4, 0.5) is 8.78 Å². The van der Waals surface area contributed by atoms with Crippen LogP contribution in [0.2, 0.25) is 0 Å². The molecular formula is C13H12BrF2NS. The van der Waals surface area contributed by atoms with Crippen molar-refractivity contribution in [2.45, 2.75) is 13.0 Å². The first kappa shape index (κ1) is 13.6. The Kier molecular flexibility index (Phi) is 4.14. The number of hydrogen-bond donors (Lipinski definition) is 1. The van der Waals surface area contributed by atoms with E-state index in [2.05, 4.69) is 21.2 Å². The van der Waals surface area contributed by atoms with Gasteiger partial charge in [-0.3, -0.25) is 0 Å². The minimum absolute atomic E-state index is 0.140. The molecule has 18 heavy (non-hydrogen) atoms. The van der Waals surface area contributed by atoms with Gasteiger partial charge < -0.3 is 5.32 Å². The van der Waals surface area contributed by atoms with E-state index >= 15 is 0 Å². The van der Waals surface area contributed by atoms with Crippen LogP contribution in [0.5, 0.6) is 0 Å². The lowest BCUT2D eigenvalue weighted by molar-refractivity contribution is 0.556. The second-order valence-corrected chi connectivity index (χ2v) is 5.78. The molecule has 0 aliphatic rings. The highest BCUT2D eigenvalue weighted by Gasteiger charge is 2.20. The van der Waals surface area contributed by atoms with E-state index in [4.69, 9.17) is 0 Å². The third-order valence-electron chi connectivity index (χ3n) is 2.80. The minimum atomic E-state index is -0.458. The van der Waals surface area contributed by atoms with Gasteiger partial charge in [-0.1, -0.05) is 0 Å². The Morgan fingerprint density at radius 2 is 2.00 bits per heavy atom. The molecule has 0 spiro atoms. The van der Waals surface area contributed by atoms with Crippen LogP contribution in [-0.2, 0) is 0 Å². The molecule has 1 unspecified atom stereocenters. The van der Waals surface area contributed by atoms with Gasteiger partial charge in [0.05, 0.1) is 10.5 Å². The highest BCUT2D eigenvalue weighted by Crippen LogP contribution is 2.32. The van der Waals surface area contributed by atoms with Gasteiger partial charge in [-0.15, -0.1) is 11.3 Å². The normalized spacial score (nSPS) is 12.7. The molecule has 0 aliphatic carbocycles. The first-order valence-corrected chi connectivity index (χ1v) is 7.07. The fraction of sp³-hybridized carbons (Fsp3) is 0.231. The minimum Gasteiger partial charge on any atom is -0.309 e. The molecule has 0 amide bonds. The van der Waals surface area contributed by atoms with Crippen molar-refractivity contribution in [2.75, 3.05) is 7.05 Å². The SMILES string of the molecule is CNC(c1cc(F)c(Br)cc1F)c1sccc1C. The van der Waals surface area contributed by atoms with Gasteiger partial charge in [0, 0.05) is 10.4 Å². The van der Waals surface area contributed by atoms with Crippen LogP contribution in [0.1, 0.15) is 22.0 Å². The number of halogens is 3. The quantitative estimate of drug-likeness (QED) is 0.821. The van der Waals surface area contributed by atoms with Crippen LogP contribution in [0.15, 0.2) is 28.1 Å². The molecule has 0 saturated carbocycles. The molecule has 1 aromatic heterocycles. The number of hydrogen-bond acceptors (Lipinski definition) is 2. The zero-order valence-corrected chi connectivity index (χ0v) is 12.3. The van der Waals surface area contributed by atoms with E-state index in [0.29, 0.717) is 5.56 Å². The Hall–Kier alpha value is -0.780. The molecule has 1 heterocycles. The van der Waals surface area contributed by atoms with Crippen LogP contribution in [0.3, 0.4) is 0 Å². The molecule has 2 rings (SSSR count). The highest BCUT2D eigenvalue weighted by atomic mass is 79.9. The molecule has 0 bridgehead atoms. The van der Waals surface area contributed by atoms with Crippen LogP contribution in [-0.4, -0.2) is 7.05 Å². The maximum Gasteiger partial charge on any atom is 0.137 e. The average Bonchev–Trinajstić information content (AvgIpc) is 2.73. The van der Waals surface area contributed by atoms with Crippen LogP contribution in [0, 0.1) is 18.6 Å². The molecule has 2 aromatic rings. The van der Waals surface area contributed by atoms with Gasteiger partial charge >= 0.3 is 0 Å². The van der Waals surface area contributed by atoms with Crippen molar-refractivity contribution < 1.29 is 8.78 Å². The highest BCUT2D eigenvalue weighted by molar-refractivity contribution is 9.10. The molecule has 1 N–H and O–H groups in total. The molecule has 96 valence electrons. The lowest BCUT2D eigenvalue weighted by atomic mass is 10.0.